The van der Waals surface area contributed by atoms with E-state index in [1.807, 2.05) is 11.8 Å². The summed E-state index contributed by atoms with van der Waals surface area (Å²) in [7, 11) is 0. The van der Waals surface area contributed by atoms with E-state index in [1.165, 1.54) is 0 Å². The van der Waals surface area contributed by atoms with Crippen molar-refractivity contribution in [3.8, 4) is 0 Å². The van der Waals surface area contributed by atoms with Gasteiger partial charge in [-0.2, -0.15) is 0 Å². The molecule has 2 amide bonds. The maximum atomic E-state index is 12.6. The molecule has 108 valence electrons. The number of carbonyl (C=O) groups is 2. The van der Waals surface area contributed by atoms with Gasteiger partial charge in [-0.3, -0.25) is 9.59 Å². The van der Waals surface area contributed by atoms with Crippen molar-refractivity contribution in [2.75, 3.05) is 13.1 Å². The molecule has 2 fully saturated rings. The molecule has 1 aliphatic carbocycles. The minimum atomic E-state index is -0.0340. The topological polar surface area (TPSA) is 75.4 Å². The predicted octanol–water partition coefficient (Wildman–Crippen LogP) is 0.631. The molecular formula is C14H25N3O2. The zero-order valence-electron chi connectivity index (χ0n) is 11.7. The van der Waals surface area contributed by atoms with E-state index in [0.29, 0.717) is 31.5 Å². The maximum Gasteiger partial charge on any atom is 0.227 e. The summed E-state index contributed by atoms with van der Waals surface area (Å²) in [6.45, 7) is 3.29. The van der Waals surface area contributed by atoms with Crippen molar-refractivity contribution in [1.29, 1.82) is 0 Å². The number of hydrogen-bond acceptors (Lipinski definition) is 3. The van der Waals surface area contributed by atoms with Gasteiger partial charge in [-0.05, 0) is 39.0 Å². The first kappa shape index (κ1) is 14.3. The summed E-state index contributed by atoms with van der Waals surface area (Å²) in [5, 5.41) is 2.80. The van der Waals surface area contributed by atoms with Gasteiger partial charge in [0.05, 0.1) is 5.92 Å². The van der Waals surface area contributed by atoms with Crippen molar-refractivity contribution in [1.82, 2.24) is 10.2 Å². The van der Waals surface area contributed by atoms with Crippen molar-refractivity contribution in [2.45, 2.75) is 57.5 Å². The maximum absolute atomic E-state index is 12.6. The van der Waals surface area contributed by atoms with Gasteiger partial charge < -0.3 is 16.0 Å². The number of nitrogens with one attached hydrogen (secondary N) is 1. The van der Waals surface area contributed by atoms with E-state index in [1.54, 1.807) is 0 Å². The fourth-order valence-electron chi connectivity index (χ4n) is 3.19. The SMILES string of the molecule is CCN(C(=O)C1CCC(=O)NC1)C1CCC(N)CC1. The molecule has 1 heterocycles. The molecule has 0 bridgehead atoms. The van der Waals surface area contributed by atoms with Gasteiger partial charge in [0.25, 0.3) is 0 Å². The van der Waals surface area contributed by atoms with Crippen molar-refractivity contribution in [3.63, 3.8) is 0 Å². The van der Waals surface area contributed by atoms with Gasteiger partial charge in [0.15, 0.2) is 0 Å². The van der Waals surface area contributed by atoms with Crippen LogP contribution in [0.15, 0.2) is 0 Å². The van der Waals surface area contributed by atoms with Crippen LogP contribution in [0.2, 0.25) is 0 Å². The molecule has 1 saturated carbocycles. The van der Waals surface area contributed by atoms with E-state index in [0.717, 1.165) is 32.2 Å². The fourth-order valence-corrected chi connectivity index (χ4v) is 3.19. The Morgan fingerprint density at radius 2 is 2.00 bits per heavy atom. The van der Waals surface area contributed by atoms with Gasteiger partial charge in [0.1, 0.15) is 0 Å². The number of carbonyl (C=O) groups excluding carboxylic acids is 2. The number of amides is 2. The van der Waals surface area contributed by atoms with Crippen LogP contribution in [-0.2, 0) is 9.59 Å². The van der Waals surface area contributed by atoms with E-state index in [2.05, 4.69) is 5.32 Å². The lowest BCUT2D eigenvalue weighted by Crippen LogP contribution is -2.50. The summed E-state index contributed by atoms with van der Waals surface area (Å²) in [4.78, 5) is 25.7. The highest BCUT2D eigenvalue weighted by Crippen LogP contribution is 2.24. The molecule has 2 rings (SSSR count). The fraction of sp³-hybridized carbons (Fsp3) is 0.857. The third kappa shape index (κ3) is 3.47. The zero-order valence-corrected chi connectivity index (χ0v) is 11.7. The second-order valence-corrected chi connectivity index (χ2v) is 5.73. The molecule has 1 atom stereocenters. The molecule has 0 radical (unpaired) electrons. The number of nitrogens with zero attached hydrogens (tertiary/aromatic N) is 1. The van der Waals surface area contributed by atoms with Crippen molar-refractivity contribution in [3.05, 3.63) is 0 Å². The zero-order chi connectivity index (χ0) is 13.8. The third-order valence-corrected chi connectivity index (χ3v) is 4.42. The number of piperidine rings is 1. The van der Waals surface area contributed by atoms with Gasteiger partial charge in [-0.15, -0.1) is 0 Å². The molecule has 19 heavy (non-hydrogen) atoms. The van der Waals surface area contributed by atoms with E-state index in [-0.39, 0.29) is 17.7 Å². The average Bonchev–Trinajstić information content (AvgIpc) is 2.42. The Morgan fingerprint density at radius 3 is 2.53 bits per heavy atom. The first-order valence-electron chi connectivity index (χ1n) is 7.44. The third-order valence-electron chi connectivity index (χ3n) is 4.42. The van der Waals surface area contributed by atoms with Gasteiger partial charge in [0.2, 0.25) is 11.8 Å². The smallest absolute Gasteiger partial charge is 0.227 e. The Bertz CT molecular complexity index is 328. The second kappa shape index (κ2) is 6.37. The molecule has 3 N–H and O–H groups in total. The lowest BCUT2D eigenvalue weighted by Gasteiger charge is -2.38. The van der Waals surface area contributed by atoms with E-state index in [4.69, 9.17) is 5.73 Å². The lowest BCUT2D eigenvalue weighted by atomic mass is 9.89. The van der Waals surface area contributed by atoms with Crippen LogP contribution in [0.1, 0.15) is 45.4 Å². The van der Waals surface area contributed by atoms with Crippen LogP contribution in [0.25, 0.3) is 0 Å². The van der Waals surface area contributed by atoms with Crippen LogP contribution < -0.4 is 11.1 Å². The number of nitrogens with two attached hydrogens (primary N) is 1. The number of rotatable bonds is 3. The molecule has 0 spiro atoms. The van der Waals surface area contributed by atoms with Crippen LogP contribution in [-0.4, -0.2) is 41.9 Å². The molecule has 1 unspecified atom stereocenters. The highest BCUT2D eigenvalue weighted by Gasteiger charge is 2.32. The standard InChI is InChI=1S/C14H25N3O2/c1-2-17(12-6-4-11(15)5-7-12)14(19)10-3-8-13(18)16-9-10/h10-12H,2-9,15H2,1H3,(H,16,18). The molecule has 1 aliphatic heterocycles. The largest absolute Gasteiger partial charge is 0.355 e. The van der Waals surface area contributed by atoms with Crippen LogP contribution in [0.4, 0.5) is 0 Å². The van der Waals surface area contributed by atoms with E-state index in [9.17, 15) is 9.59 Å². The molecule has 2 aliphatic rings. The quantitative estimate of drug-likeness (QED) is 0.787. The number of hydrogen-bond donors (Lipinski definition) is 2. The van der Waals surface area contributed by atoms with Crippen molar-refractivity contribution >= 4 is 11.8 Å². The molecule has 0 aromatic heterocycles. The van der Waals surface area contributed by atoms with Crippen LogP contribution in [0.3, 0.4) is 0 Å². The van der Waals surface area contributed by atoms with Crippen LogP contribution in [0, 0.1) is 5.92 Å². The summed E-state index contributed by atoms with van der Waals surface area (Å²) in [5.41, 5.74) is 5.92. The van der Waals surface area contributed by atoms with Crippen LogP contribution >= 0.6 is 0 Å². The summed E-state index contributed by atoms with van der Waals surface area (Å²) >= 11 is 0. The van der Waals surface area contributed by atoms with E-state index >= 15 is 0 Å². The average molecular weight is 267 g/mol. The molecular weight excluding hydrogens is 242 g/mol. The highest BCUT2D eigenvalue weighted by molar-refractivity contribution is 5.84. The Hall–Kier alpha value is -1.10. The summed E-state index contributed by atoms with van der Waals surface area (Å²) < 4.78 is 0. The minimum absolute atomic E-state index is 0.0340. The Balaban J connectivity index is 1.93. The summed E-state index contributed by atoms with van der Waals surface area (Å²) in [5.74, 6) is 0.243. The monoisotopic (exact) mass is 267 g/mol. The van der Waals surface area contributed by atoms with E-state index < -0.39 is 0 Å². The normalized spacial score (nSPS) is 31.7. The molecule has 0 aromatic carbocycles. The first-order valence-corrected chi connectivity index (χ1v) is 7.44. The molecule has 1 saturated heterocycles. The Labute approximate surface area is 114 Å². The Kier molecular flexibility index (Phi) is 4.80. The lowest BCUT2D eigenvalue weighted by molar-refractivity contribution is -0.140. The van der Waals surface area contributed by atoms with Crippen LogP contribution in [0.5, 0.6) is 0 Å². The first-order chi connectivity index (χ1) is 9.11. The van der Waals surface area contributed by atoms with Gasteiger partial charge in [-0.25, -0.2) is 0 Å². The highest BCUT2D eigenvalue weighted by atomic mass is 16.2. The molecule has 5 heteroatoms. The van der Waals surface area contributed by atoms with Gasteiger partial charge in [-0.1, -0.05) is 0 Å². The minimum Gasteiger partial charge on any atom is -0.355 e. The van der Waals surface area contributed by atoms with Gasteiger partial charge >= 0.3 is 0 Å². The Morgan fingerprint density at radius 1 is 1.32 bits per heavy atom. The summed E-state index contributed by atoms with van der Waals surface area (Å²) in [6.07, 6.45) is 5.21. The predicted molar refractivity (Wildman–Crippen MR) is 73.4 cm³/mol. The summed E-state index contributed by atoms with van der Waals surface area (Å²) in [6, 6.07) is 0.647. The van der Waals surface area contributed by atoms with Crippen molar-refractivity contribution in [2.24, 2.45) is 11.7 Å². The van der Waals surface area contributed by atoms with Crippen molar-refractivity contribution < 1.29 is 9.59 Å². The second-order valence-electron chi connectivity index (χ2n) is 5.73. The van der Waals surface area contributed by atoms with Gasteiger partial charge in [0, 0.05) is 31.6 Å². The molecule has 5 nitrogen and oxygen atoms in total. The molecule has 0 aromatic rings.